The molecule has 1 N–H and O–H groups in total. The van der Waals surface area contributed by atoms with Crippen LogP contribution >= 0.6 is 11.8 Å². The number of piperazine rings is 1. The van der Waals surface area contributed by atoms with Crippen LogP contribution in [0.2, 0.25) is 0 Å². The van der Waals surface area contributed by atoms with Gasteiger partial charge in [0.15, 0.2) is 11.0 Å². The fourth-order valence-corrected chi connectivity index (χ4v) is 3.64. The average Bonchev–Trinajstić information content (AvgIpc) is 3.01. The molecule has 1 fully saturated rings. The number of hydrogen-bond acceptors (Lipinski definition) is 7. The fourth-order valence-electron chi connectivity index (χ4n) is 3.22. The highest BCUT2D eigenvalue weighted by molar-refractivity contribution is 7.98. The van der Waals surface area contributed by atoms with E-state index in [2.05, 4.69) is 46.9 Å². The predicted octanol–water partition coefficient (Wildman–Crippen LogP) is 2.41. The largest absolute Gasteiger partial charge is 0.354 e. The summed E-state index contributed by atoms with van der Waals surface area (Å²) in [6.07, 6.45) is 3.66. The van der Waals surface area contributed by atoms with Crippen molar-refractivity contribution in [3.8, 4) is 0 Å². The summed E-state index contributed by atoms with van der Waals surface area (Å²) in [6.45, 7) is 7.70. The Balaban J connectivity index is 1.54. The Kier molecular flexibility index (Phi) is 4.20. The Bertz CT molecular complexity index is 899. The number of nitrogens with one attached hydrogen (secondary N) is 1. The van der Waals surface area contributed by atoms with Gasteiger partial charge in [0, 0.05) is 43.6 Å². The maximum Gasteiger partial charge on any atom is 0.189 e. The van der Waals surface area contributed by atoms with Crippen molar-refractivity contribution in [1.29, 1.82) is 0 Å². The molecule has 0 saturated carbocycles. The van der Waals surface area contributed by atoms with Crippen molar-refractivity contribution >= 4 is 34.4 Å². The van der Waals surface area contributed by atoms with Crippen LogP contribution in [0.4, 0.5) is 11.6 Å². The normalized spacial score (nSPS) is 15.2. The quantitative estimate of drug-likeness (QED) is 0.571. The van der Waals surface area contributed by atoms with Crippen molar-refractivity contribution < 1.29 is 0 Å². The van der Waals surface area contributed by atoms with E-state index in [1.54, 1.807) is 18.1 Å². The molecule has 1 saturated heterocycles. The summed E-state index contributed by atoms with van der Waals surface area (Å²) < 4.78 is 0. The minimum Gasteiger partial charge on any atom is -0.354 e. The van der Waals surface area contributed by atoms with E-state index in [0.29, 0.717) is 0 Å². The zero-order valence-electron chi connectivity index (χ0n) is 14.7. The van der Waals surface area contributed by atoms with Crippen LogP contribution in [-0.4, -0.2) is 57.4 Å². The molecule has 4 heterocycles. The van der Waals surface area contributed by atoms with Gasteiger partial charge >= 0.3 is 0 Å². The van der Waals surface area contributed by atoms with Crippen LogP contribution in [0.15, 0.2) is 23.6 Å². The van der Waals surface area contributed by atoms with E-state index < -0.39 is 0 Å². The van der Waals surface area contributed by atoms with Crippen molar-refractivity contribution in [3.05, 3.63) is 29.8 Å². The third-order valence-corrected chi connectivity index (χ3v) is 4.99. The minimum absolute atomic E-state index is 0.830. The molecule has 8 heteroatoms. The summed E-state index contributed by atoms with van der Waals surface area (Å²) in [6, 6.07) is 4.12. The Morgan fingerprint density at radius 3 is 2.52 bits per heavy atom. The van der Waals surface area contributed by atoms with E-state index in [9.17, 15) is 0 Å². The molecule has 0 amide bonds. The summed E-state index contributed by atoms with van der Waals surface area (Å²) in [5, 5.41) is 0.830. The number of aryl methyl sites for hydroxylation is 2. The minimum atomic E-state index is 0.830. The van der Waals surface area contributed by atoms with E-state index in [4.69, 9.17) is 0 Å². The maximum absolute atomic E-state index is 4.65. The van der Waals surface area contributed by atoms with Crippen molar-refractivity contribution in [3.63, 3.8) is 0 Å². The first-order valence-corrected chi connectivity index (χ1v) is 9.56. The SMILES string of the molecule is CSc1nc(C)cc(N2CCN(c3ncnc4cc(C)[nH]c34)CC2)n1. The van der Waals surface area contributed by atoms with Crippen molar-refractivity contribution in [2.75, 3.05) is 42.2 Å². The molecule has 7 nitrogen and oxygen atoms in total. The topological polar surface area (TPSA) is 73.8 Å². The van der Waals surface area contributed by atoms with Gasteiger partial charge in [-0.1, -0.05) is 11.8 Å². The molecule has 0 radical (unpaired) electrons. The molecule has 0 unspecified atom stereocenters. The van der Waals surface area contributed by atoms with Gasteiger partial charge in [0.2, 0.25) is 0 Å². The molecule has 130 valence electrons. The Labute approximate surface area is 150 Å². The predicted molar refractivity (Wildman–Crippen MR) is 102 cm³/mol. The maximum atomic E-state index is 4.65. The van der Waals surface area contributed by atoms with Crippen LogP contribution < -0.4 is 9.80 Å². The molecule has 25 heavy (non-hydrogen) atoms. The molecule has 0 aliphatic carbocycles. The third kappa shape index (κ3) is 3.13. The molecule has 1 aliphatic rings. The molecular weight excluding hydrogens is 334 g/mol. The molecule has 4 rings (SSSR count). The lowest BCUT2D eigenvalue weighted by molar-refractivity contribution is 0.638. The van der Waals surface area contributed by atoms with Crippen LogP contribution in [0.25, 0.3) is 11.0 Å². The van der Waals surface area contributed by atoms with Gasteiger partial charge in [-0.25, -0.2) is 19.9 Å². The monoisotopic (exact) mass is 355 g/mol. The van der Waals surface area contributed by atoms with Gasteiger partial charge in [-0.05, 0) is 26.2 Å². The van der Waals surface area contributed by atoms with Gasteiger partial charge < -0.3 is 14.8 Å². The molecule has 1 aliphatic heterocycles. The highest BCUT2D eigenvalue weighted by Gasteiger charge is 2.22. The Morgan fingerprint density at radius 2 is 1.76 bits per heavy atom. The van der Waals surface area contributed by atoms with Crippen LogP contribution in [0.3, 0.4) is 0 Å². The van der Waals surface area contributed by atoms with E-state index in [0.717, 1.165) is 65.4 Å². The van der Waals surface area contributed by atoms with Gasteiger partial charge in [-0.15, -0.1) is 0 Å². The van der Waals surface area contributed by atoms with Gasteiger partial charge in [-0.3, -0.25) is 0 Å². The molecule has 0 aromatic carbocycles. The third-order valence-electron chi connectivity index (χ3n) is 4.44. The lowest BCUT2D eigenvalue weighted by Gasteiger charge is -2.36. The van der Waals surface area contributed by atoms with Crippen molar-refractivity contribution in [2.24, 2.45) is 0 Å². The second-order valence-electron chi connectivity index (χ2n) is 6.24. The van der Waals surface area contributed by atoms with Gasteiger partial charge in [0.25, 0.3) is 0 Å². The standard InChI is InChI=1S/C17H21N7S/c1-11-8-13-15(20-11)16(19-10-18-13)24-6-4-23(5-7-24)14-9-12(2)21-17(22-14)25-3/h8-10,20H,4-7H2,1-3H3. The molecule has 0 atom stereocenters. The van der Waals surface area contributed by atoms with Crippen LogP contribution in [0.1, 0.15) is 11.4 Å². The second-order valence-corrected chi connectivity index (χ2v) is 7.01. The van der Waals surface area contributed by atoms with E-state index in [1.807, 2.05) is 20.1 Å². The average molecular weight is 355 g/mol. The lowest BCUT2D eigenvalue weighted by atomic mass is 10.3. The summed E-state index contributed by atoms with van der Waals surface area (Å²) in [7, 11) is 0. The lowest BCUT2D eigenvalue weighted by Crippen LogP contribution is -2.47. The molecule has 3 aromatic heterocycles. The highest BCUT2D eigenvalue weighted by Crippen LogP contribution is 2.25. The molecular formula is C17H21N7S. The van der Waals surface area contributed by atoms with E-state index in [-0.39, 0.29) is 0 Å². The van der Waals surface area contributed by atoms with Crippen molar-refractivity contribution in [1.82, 2.24) is 24.9 Å². The van der Waals surface area contributed by atoms with Gasteiger partial charge in [0.05, 0.1) is 5.52 Å². The number of nitrogens with zero attached hydrogens (tertiary/aromatic N) is 6. The first kappa shape index (κ1) is 16.1. The Hall–Kier alpha value is -2.35. The number of hydrogen-bond donors (Lipinski definition) is 1. The number of fused-ring (bicyclic) bond motifs is 1. The number of rotatable bonds is 3. The zero-order valence-corrected chi connectivity index (χ0v) is 15.5. The smallest absolute Gasteiger partial charge is 0.189 e. The molecule has 3 aromatic rings. The fraction of sp³-hybridized carbons (Fsp3) is 0.412. The summed E-state index contributed by atoms with van der Waals surface area (Å²) in [4.78, 5) is 26.0. The van der Waals surface area contributed by atoms with E-state index in [1.165, 1.54) is 0 Å². The van der Waals surface area contributed by atoms with E-state index >= 15 is 0 Å². The second kappa shape index (κ2) is 6.51. The number of aromatic nitrogens is 5. The van der Waals surface area contributed by atoms with Gasteiger partial charge in [-0.2, -0.15) is 0 Å². The summed E-state index contributed by atoms with van der Waals surface area (Å²) in [5.41, 5.74) is 4.12. The van der Waals surface area contributed by atoms with Crippen LogP contribution in [0.5, 0.6) is 0 Å². The summed E-state index contributed by atoms with van der Waals surface area (Å²) in [5.74, 6) is 2.00. The number of H-pyrrole nitrogens is 1. The zero-order chi connectivity index (χ0) is 17.4. The first-order valence-electron chi connectivity index (χ1n) is 8.34. The molecule has 0 spiro atoms. The van der Waals surface area contributed by atoms with Crippen LogP contribution in [0, 0.1) is 13.8 Å². The number of thioether (sulfide) groups is 1. The first-order chi connectivity index (χ1) is 12.1. The van der Waals surface area contributed by atoms with Gasteiger partial charge in [0.1, 0.15) is 17.7 Å². The van der Waals surface area contributed by atoms with Crippen LogP contribution in [-0.2, 0) is 0 Å². The highest BCUT2D eigenvalue weighted by atomic mass is 32.2. The summed E-state index contributed by atoms with van der Waals surface area (Å²) >= 11 is 1.58. The number of anilines is 2. The van der Waals surface area contributed by atoms with Crippen molar-refractivity contribution in [2.45, 2.75) is 19.0 Å². The Morgan fingerprint density at radius 1 is 1.00 bits per heavy atom. The number of aromatic amines is 1. The molecule has 0 bridgehead atoms.